The lowest BCUT2D eigenvalue weighted by Crippen LogP contribution is -2.42. The molecule has 6 nitrogen and oxygen atoms in total. The largest absolute Gasteiger partial charge is 0.507 e. The second-order valence-corrected chi connectivity index (χ2v) is 5.30. The van der Waals surface area contributed by atoms with Crippen molar-refractivity contribution in [1.82, 2.24) is 5.32 Å². The van der Waals surface area contributed by atoms with E-state index in [1.165, 1.54) is 18.2 Å². The minimum absolute atomic E-state index is 0.124. The number of amides is 1. The van der Waals surface area contributed by atoms with Crippen molar-refractivity contribution in [3.8, 4) is 5.75 Å². The van der Waals surface area contributed by atoms with Gasteiger partial charge in [-0.1, -0.05) is 6.92 Å². The van der Waals surface area contributed by atoms with Crippen LogP contribution in [0.15, 0.2) is 18.2 Å². The average molecular weight is 278 g/mol. The van der Waals surface area contributed by atoms with Crippen LogP contribution in [0.2, 0.25) is 0 Å². The molecule has 0 atom stereocenters. The second-order valence-electron chi connectivity index (χ2n) is 5.30. The van der Waals surface area contributed by atoms with Gasteiger partial charge in [-0.05, 0) is 44.1 Å². The van der Waals surface area contributed by atoms with Crippen molar-refractivity contribution >= 4 is 17.6 Å². The van der Waals surface area contributed by atoms with Crippen LogP contribution in [-0.2, 0) is 4.79 Å². The van der Waals surface area contributed by atoms with E-state index in [-0.39, 0.29) is 17.2 Å². The Morgan fingerprint density at radius 3 is 2.55 bits per heavy atom. The lowest BCUT2D eigenvalue weighted by Gasteiger charge is -2.32. The Morgan fingerprint density at radius 1 is 1.30 bits per heavy atom. The molecule has 0 bridgehead atoms. The number of hydrogen-bond donors (Lipinski definition) is 4. The molecule has 1 aliphatic rings. The van der Waals surface area contributed by atoms with Crippen molar-refractivity contribution in [2.45, 2.75) is 19.8 Å². The van der Waals surface area contributed by atoms with E-state index in [0.29, 0.717) is 5.69 Å². The maximum absolute atomic E-state index is 12.3. The van der Waals surface area contributed by atoms with Crippen LogP contribution >= 0.6 is 0 Å². The van der Waals surface area contributed by atoms with Crippen LogP contribution < -0.4 is 10.6 Å². The lowest BCUT2D eigenvalue weighted by molar-refractivity contribution is -0.126. The van der Waals surface area contributed by atoms with Crippen LogP contribution in [0.25, 0.3) is 0 Å². The molecule has 0 spiro atoms. The molecule has 1 heterocycles. The van der Waals surface area contributed by atoms with Crippen molar-refractivity contribution in [3.63, 3.8) is 0 Å². The third-order valence-corrected chi connectivity index (χ3v) is 3.74. The summed E-state index contributed by atoms with van der Waals surface area (Å²) >= 11 is 0. The summed E-state index contributed by atoms with van der Waals surface area (Å²) in [5, 5.41) is 24.3. The van der Waals surface area contributed by atoms with Crippen molar-refractivity contribution in [1.29, 1.82) is 0 Å². The highest BCUT2D eigenvalue weighted by molar-refractivity contribution is 5.97. The zero-order chi connectivity index (χ0) is 14.8. The van der Waals surface area contributed by atoms with Crippen molar-refractivity contribution in [2.24, 2.45) is 5.41 Å². The molecule has 20 heavy (non-hydrogen) atoms. The van der Waals surface area contributed by atoms with Gasteiger partial charge in [-0.2, -0.15) is 0 Å². The van der Waals surface area contributed by atoms with Crippen LogP contribution in [-0.4, -0.2) is 35.2 Å². The first-order valence-corrected chi connectivity index (χ1v) is 6.51. The van der Waals surface area contributed by atoms with Crippen LogP contribution in [0.1, 0.15) is 30.1 Å². The fourth-order valence-corrected chi connectivity index (χ4v) is 2.27. The number of nitrogens with one attached hydrogen (secondary N) is 2. The Bertz CT molecular complexity index is 536. The maximum Gasteiger partial charge on any atom is 0.339 e. The quantitative estimate of drug-likeness (QED) is 0.627. The summed E-state index contributed by atoms with van der Waals surface area (Å²) in [6.07, 6.45) is 1.48. The fraction of sp³-hybridized carbons (Fsp3) is 0.429. The molecule has 0 aromatic heterocycles. The minimum atomic E-state index is -1.23. The van der Waals surface area contributed by atoms with Gasteiger partial charge in [0.15, 0.2) is 0 Å². The Labute approximate surface area is 116 Å². The van der Waals surface area contributed by atoms with Gasteiger partial charge < -0.3 is 20.8 Å². The number of carboxylic acids is 1. The highest BCUT2D eigenvalue weighted by Crippen LogP contribution is 2.30. The third kappa shape index (κ3) is 2.91. The molecule has 1 fully saturated rings. The molecule has 4 N–H and O–H groups in total. The molecule has 0 unspecified atom stereocenters. The monoisotopic (exact) mass is 278 g/mol. The number of hydrogen-bond acceptors (Lipinski definition) is 4. The summed E-state index contributed by atoms with van der Waals surface area (Å²) in [6.45, 7) is 3.49. The van der Waals surface area contributed by atoms with Gasteiger partial charge in [0.1, 0.15) is 11.3 Å². The summed E-state index contributed by atoms with van der Waals surface area (Å²) in [4.78, 5) is 23.3. The predicted molar refractivity (Wildman–Crippen MR) is 73.9 cm³/mol. The summed E-state index contributed by atoms with van der Waals surface area (Å²) < 4.78 is 0. The van der Waals surface area contributed by atoms with Gasteiger partial charge in [0.2, 0.25) is 5.91 Å². The topological polar surface area (TPSA) is 98.7 Å². The van der Waals surface area contributed by atoms with E-state index in [1.54, 1.807) is 0 Å². The van der Waals surface area contributed by atoms with Crippen LogP contribution in [0.4, 0.5) is 5.69 Å². The number of carbonyl (C=O) groups is 2. The summed E-state index contributed by atoms with van der Waals surface area (Å²) in [5.74, 6) is -1.67. The van der Waals surface area contributed by atoms with Gasteiger partial charge in [-0.25, -0.2) is 4.79 Å². The van der Waals surface area contributed by atoms with E-state index in [2.05, 4.69) is 10.6 Å². The molecule has 108 valence electrons. The number of phenols is 1. The van der Waals surface area contributed by atoms with E-state index < -0.39 is 11.4 Å². The average Bonchev–Trinajstić information content (AvgIpc) is 2.41. The Morgan fingerprint density at radius 2 is 1.95 bits per heavy atom. The number of carboxylic acid groups (broad SMARTS) is 1. The molecule has 1 amide bonds. The number of aromatic hydroxyl groups is 1. The zero-order valence-corrected chi connectivity index (χ0v) is 11.3. The van der Waals surface area contributed by atoms with Gasteiger partial charge in [0.05, 0.1) is 0 Å². The molecule has 0 radical (unpaired) electrons. The Balaban J connectivity index is 2.15. The standard InChI is InChI=1S/C14H18N2O4/c1-14(4-6-15-7-5-14)13(20)16-9-2-3-11(17)10(8-9)12(18)19/h2-3,8,15,17H,4-7H2,1H3,(H,16,20)(H,18,19). The van der Waals surface area contributed by atoms with E-state index in [9.17, 15) is 14.7 Å². The van der Waals surface area contributed by atoms with E-state index in [1.807, 2.05) is 6.92 Å². The second kappa shape index (κ2) is 5.50. The number of benzene rings is 1. The van der Waals surface area contributed by atoms with Gasteiger partial charge in [0, 0.05) is 11.1 Å². The first-order valence-electron chi connectivity index (χ1n) is 6.51. The highest BCUT2D eigenvalue weighted by Gasteiger charge is 2.34. The number of anilines is 1. The summed E-state index contributed by atoms with van der Waals surface area (Å²) in [7, 11) is 0. The molecule has 1 aromatic carbocycles. The Hall–Kier alpha value is -2.08. The van der Waals surface area contributed by atoms with Gasteiger partial charge in [0.25, 0.3) is 0 Å². The molecule has 6 heteroatoms. The van der Waals surface area contributed by atoms with E-state index >= 15 is 0 Å². The number of aromatic carboxylic acids is 1. The lowest BCUT2D eigenvalue weighted by atomic mass is 9.80. The molecule has 0 saturated carbocycles. The van der Waals surface area contributed by atoms with Crippen LogP contribution in [0.5, 0.6) is 5.75 Å². The number of rotatable bonds is 3. The first-order chi connectivity index (χ1) is 9.42. The molecule has 1 aliphatic heterocycles. The summed E-state index contributed by atoms with van der Waals surface area (Å²) in [5.41, 5.74) is -0.296. The SMILES string of the molecule is CC1(C(=O)Nc2ccc(O)c(C(=O)O)c2)CCNCC1. The van der Waals surface area contributed by atoms with Crippen molar-refractivity contribution < 1.29 is 19.8 Å². The third-order valence-electron chi connectivity index (χ3n) is 3.74. The molecular weight excluding hydrogens is 260 g/mol. The predicted octanol–water partition coefficient (Wildman–Crippen LogP) is 1.42. The fourth-order valence-electron chi connectivity index (χ4n) is 2.27. The normalized spacial score (nSPS) is 17.4. The number of carbonyl (C=O) groups excluding carboxylic acids is 1. The smallest absolute Gasteiger partial charge is 0.339 e. The van der Waals surface area contributed by atoms with Gasteiger partial charge in [-0.3, -0.25) is 4.79 Å². The van der Waals surface area contributed by atoms with Crippen molar-refractivity contribution in [3.05, 3.63) is 23.8 Å². The number of piperidine rings is 1. The Kier molecular flexibility index (Phi) is 3.94. The molecular formula is C14H18N2O4. The summed E-state index contributed by atoms with van der Waals surface area (Å²) in [6, 6.07) is 4.02. The van der Waals surface area contributed by atoms with Crippen molar-refractivity contribution in [2.75, 3.05) is 18.4 Å². The molecule has 1 saturated heterocycles. The molecule has 1 aromatic rings. The van der Waals surface area contributed by atoms with Gasteiger partial charge >= 0.3 is 5.97 Å². The highest BCUT2D eigenvalue weighted by atomic mass is 16.4. The maximum atomic E-state index is 12.3. The van der Waals surface area contributed by atoms with Crippen LogP contribution in [0, 0.1) is 5.41 Å². The van der Waals surface area contributed by atoms with E-state index in [4.69, 9.17) is 5.11 Å². The van der Waals surface area contributed by atoms with Gasteiger partial charge in [-0.15, -0.1) is 0 Å². The zero-order valence-electron chi connectivity index (χ0n) is 11.3. The molecule has 0 aliphatic carbocycles. The minimum Gasteiger partial charge on any atom is -0.507 e. The first kappa shape index (κ1) is 14.3. The molecule has 2 rings (SSSR count). The van der Waals surface area contributed by atoms with Crippen LogP contribution in [0.3, 0.4) is 0 Å². The van der Waals surface area contributed by atoms with E-state index in [0.717, 1.165) is 25.9 Å².